The van der Waals surface area contributed by atoms with Crippen LogP contribution in [-0.2, 0) is 5.60 Å². The van der Waals surface area contributed by atoms with E-state index in [-0.39, 0.29) is 11.9 Å². The van der Waals surface area contributed by atoms with Crippen molar-refractivity contribution in [3.8, 4) is 6.07 Å². The van der Waals surface area contributed by atoms with E-state index in [4.69, 9.17) is 5.73 Å². The molecule has 140 valence electrons. The van der Waals surface area contributed by atoms with Gasteiger partial charge in [-0.2, -0.15) is 5.26 Å². The number of nitrogens with two attached hydrogens (primary N) is 1. The smallest absolute Gasteiger partial charge is 0.152 e. The Hall–Kier alpha value is -2.69. The van der Waals surface area contributed by atoms with Crippen molar-refractivity contribution in [3.63, 3.8) is 0 Å². The zero-order chi connectivity index (χ0) is 18.9. The molecule has 2 aliphatic rings. The SMILES string of the molecule is N#Cc1c(N)ncnc1N1CC[C@](O)(c2ccccc2)[C@H](N2CCCC2)C1. The summed E-state index contributed by atoms with van der Waals surface area (Å²) in [5, 5.41) is 21.2. The lowest BCUT2D eigenvalue weighted by molar-refractivity contribution is -0.0603. The molecule has 2 atom stereocenters. The molecule has 2 fully saturated rings. The van der Waals surface area contributed by atoms with E-state index in [1.165, 1.54) is 6.33 Å². The number of rotatable bonds is 3. The lowest BCUT2D eigenvalue weighted by Crippen LogP contribution is -2.60. The number of anilines is 2. The van der Waals surface area contributed by atoms with Crippen molar-refractivity contribution in [3.05, 3.63) is 47.8 Å². The van der Waals surface area contributed by atoms with Crippen molar-refractivity contribution in [2.45, 2.75) is 30.9 Å². The molecule has 0 saturated carbocycles. The first-order valence-electron chi connectivity index (χ1n) is 9.41. The third kappa shape index (κ3) is 3.11. The predicted molar refractivity (Wildman–Crippen MR) is 103 cm³/mol. The van der Waals surface area contributed by atoms with Crippen molar-refractivity contribution in [1.29, 1.82) is 5.26 Å². The van der Waals surface area contributed by atoms with Crippen LogP contribution in [0.5, 0.6) is 0 Å². The Kier molecular flexibility index (Phi) is 4.68. The normalized spacial score (nSPS) is 26.1. The Morgan fingerprint density at radius 1 is 1.15 bits per heavy atom. The van der Waals surface area contributed by atoms with E-state index >= 15 is 0 Å². The molecule has 7 heteroatoms. The number of piperidine rings is 1. The number of hydrogen-bond acceptors (Lipinski definition) is 7. The van der Waals surface area contributed by atoms with Crippen molar-refractivity contribution in [2.75, 3.05) is 36.8 Å². The third-order valence-corrected chi connectivity index (χ3v) is 5.83. The average Bonchev–Trinajstić information content (AvgIpc) is 3.23. The molecular formula is C20H24N6O. The van der Waals surface area contributed by atoms with E-state index in [0.29, 0.717) is 30.9 Å². The molecule has 2 aliphatic heterocycles. The summed E-state index contributed by atoms with van der Waals surface area (Å²) < 4.78 is 0. The van der Waals surface area contributed by atoms with E-state index in [9.17, 15) is 10.4 Å². The highest BCUT2D eigenvalue weighted by molar-refractivity contribution is 5.63. The van der Waals surface area contributed by atoms with Gasteiger partial charge in [0, 0.05) is 13.1 Å². The van der Waals surface area contributed by atoms with Crippen molar-refractivity contribution in [1.82, 2.24) is 14.9 Å². The zero-order valence-electron chi connectivity index (χ0n) is 15.3. The zero-order valence-corrected chi connectivity index (χ0v) is 15.3. The Morgan fingerprint density at radius 2 is 1.89 bits per heavy atom. The van der Waals surface area contributed by atoms with Crippen LogP contribution in [0.25, 0.3) is 0 Å². The highest BCUT2D eigenvalue weighted by atomic mass is 16.3. The van der Waals surface area contributed by atoms with Crippen molar-refractivity contribution < 1.29 is 5.11 Å². The molecule has 2 aromatic rings. The van der Waals surface area contributed by atoms with Crippen LogP contribution < -0.4 is 10.6 Å². The van der Waals surface area contributed by atoms with Gasteiger partial charge in [0.1, 0.15) is 29.4 Å². The Bertz CT molecular complexity index is 845. The van der Waals surface area contributed by atoms with E-state index in [1.54, 1.807) is 0 Å². The fraction of sp³-hybridized carbons (Fsp3) is 0.450. The molecule has 0 bridgehead atoms. The molecule has 0 spiro atoms. The lowest BCUT2D eigenvalue weighted by Gasteiger charge is -2.49. The maximum atomic E-state index is 11.7. The van der Waals surface area contributed by atoms with E-state index in [1.807, 2.05) is 30.3 Å². The van der Waals surface area contributed by atoms with Gasteiger partial charge >= 0.3 is 0 Å². The van der Waals surface area contributed by atoms with Crippen molar-refractivity contribution in [2.24, 2.45) is 0 Å². The second-order valence-corrected chi connectivity index (χ2v) is 7.31. The molecule has 4 rings (SSSR count). The minimum absolute atomic E-state index is 0.0705. The summed E-state index contributed by atoms with van der Waals surface area (Å²) >= 11 is 0. The summed E-state index contributed by atoms with van der Waals surface area (Å²) in [4.78, 5) is 12.7. The van der Waals surface area contributed by atoms with Gasteiger partial charge in [0.2, 0.25) is 0 Å². The van der Waals surface area contributed by atoms with Crippen molar-refractivity contribution >= 4 is 11.6 Å². The Balaban J connectivity index is 1.70. The highest BCUT2D eigenvalue weighted by Crippen LogP contribution is 2.39. The van der Waals surface area contributed by atoms with E-state index < -0.39 is 5.60 Å². The molecule has 27 heavy (non-hydrogen) atoms. The van der Waals surface area contributed by atoms with Crippen LogP contribution >= 0.6 is 0 Å². The van der Waals surface area contributed by atoms with Gasteiger partial charge in [-0.1, -0.05) is 30.3 Å². The molecule has 0 radical (unpaired) electrons. The third-order valence-electron chi connectivity index (χ3n) is 5.83. The summed E-state index contributed by atoms with van der Waals surface area (Å²) in [5.41, 5.74) is 6.21. The minimum atomic E-state index is -0.923. The topological polar surface area (TPSA) is 102 Å². The van der Waals surface area contributed by atoms with Gasteiger partial charge in [0.05, 0.1) is 6.04 Å². The molecule has 3 N–H and O–H groups in total. The minimum Gasteiger partial charge on any atom is -0.383 e. The van der Waals surface area contributed by atoms with Crippen LogP contribution in [0.1, 0.15) is 30.4 Å². The summed E-state index contributed by atoms with van der Waals surface area (Å²) in [7, 11) is 0. The molecule has 3 heterocycles. The van der Waals surface area contributed by atoms with Gasteiger partial charge in [0.15, 0.2) is 5.82 Å². The number of nitriles is 1. The number of aromatic nitrogens is 2. The number of likely N-dealkylation sites (tertiary alicyclic amines) is 1. The second-order valence-electron chi connectivity index (χ2n) is 7.31. The number of nitrogen functional groups attached to an aromatic ring is 1. The van der Waals surface area contributed by atoms with Crippen LogP contribution in [0.3, 0.4) is 0 Å². The summed E-state index contributed by atoms with van der Waals surface area (Å²) in [5.74, 6) is 0.758. The molecule has 1 aromatic carbocycles. The van der Waals surface area contributed by atoms with Gasteiger partial charge in [-0.3, -0.25) is 4.90 Å². The van der Waals surface area contributed by atoms with Gasteiger partial charge < -0.3 is 15.7 Å². The standard InChI is InChI=1S/C20H24N6O/c21-12-16-18(22)23-14-24-19(16)26-11-8-20(27,15-6-2-1-3-7-15)17(13-26)25-9-4-5-10-25/h1-3,6-7,14,17,27H,4-5,8-11,13H2,(H2,22,23,24)/t17-,20+/m1/s1. The first-order valence-corrected chi connectivity index (χ1v) is 9.41. The van der Waals surface area contributed by atoms with Crippen LogP contribution in [0, 0.1) is 11.3 Å². The van der Waals surface area contributed by atoms with Gasteiger partial charge in [0.25, 0.3) is 0 Å². The fourth-order valence-electron chi connectivity index (χ4n) is 4.39. The molecule has 0 unspecified atom stereocenters. The maximum Gasteiger partial charge on any atom is 0.152 e. The lowest BCUT2D eigenvalue weighted by atomic mass is 9.79. The van der Waals surface area contributed by atoms with Crippen LogP contribution in [0.15, 0.2) is 36.7 Å². The molecule has 0 aliphatic carbocycles. The summed E-state index contributed by atoms with van der Waals surface area (Å²) in [6, 6.07) is 12.0. The largest absolute Gasteiger partial charge is 0.383 e. The monoisotopic (exact) mass is 364 g/mol. The molecule has 2 saturated heterocycles. The predicted octanol–water partition coefficient (Wildman–Crippen LogP) is 1.49. The first-order chi connectivity index (χ1) is 13.1. The summed E-state index contributed by atoms with van der Waals surface area (Å²) in [6.45, 7) is 3.15. The van der Waals surface area contributed by atoms with Crippen LogP contribution in [0.4, 0.5) is 11.6 Å². The number of nitrogens with zero attached hydrogens (tertiary/aromatic N) is 5. The number of aliphatic hydroxyl groups is 1. The average molecular weight is 364 g/mol. The second kappa shape index (κ2) is 7.14. The first kappa shape index (κ1) is 17.7. The fourth-order valence-corrected chi connectivity index (χ4v) is 4.39. The molecule has 7 nitrogen and oxygen atoms in total. The number of benzene rings is 1. The molecule has 0 amide bonds. The van der Waals surface area contributed by atoms with Gasteiger partial charge in [-0.15, -0.1) is 0 Å². The Morgan fingerprint density at radius 3 is 2.59 bits per heavy atom. The van der Waals surface area contributed by atoms with Crippen LogP contribution in [-0.4, -0.2) is 52.2 Å². The van der Waals surface area contributed by atoms with Crippen LogP contribution in [0.2, 0.25) is 0 Å². The maximum absolute atomic E-state index is 11.7. The molecular weight excluding hydrogens is 340 g/mol. The number of hydrogen-bond donors (Lipinski definition) is 2. The van der Waals surface area contributed by atoms with Gasteiger partial charge in [-0.25, -0.2) is 9.97 Å². The quantitative estimate of drug-likeness (QED) is 0.851. The highest BCUT2D eigenvalue weighted by Gasteiger charge is 2.46. The Labute approximate surface area is 159 Å². The van der Waals surface area contributed by atoms with E-state index in [2.05, 4.69) is 25.8 Å². The molecule has 1 aromatic heterocycles. The summed E-state index contributed by atoms with van der Waals surface area (Å²) in [6.07, 6.45) is 4.25. The van der Waals surface area contributed by atoms with E-state index in [0.717, 1.165) is 31.5 Å². The van der Waals surface area contributed by atoms with Gasteiger partial charge in [-0.05, 0) is 37.9 Å².